The summed E-state index contributed by atoms with van der Waals surface area (Å²) in [5, 5.41) is 12.9. The van der Waals surface area contributed by atoms with Gasteiger partial charge in [-0.1, -0.05) is 13.8 Å². The highest BCUT2D eigenvalue weighted by Gasteiger charge is 2.05. The fraction of sp³-hybridized carbons (Fsp3) is 0.667. The lowest BCUT2D eigenvalue weighted by molar-refractivity contribution is 0.250. The van der Waals surface area contributed by atoms with Gasteiger partial charge in [-0.15, -0.1) is 0 Å². The van der Waals surface area contributed by atoms with Crippen LogP contribution in [-0.2, 0) is 13.7 Å². The van der Waals surface area contributed by atoms with Gasteiger partial charge >= 0.3 is 0 Å². The highest BCUT2D eigenvalue weighted by Crippen LogP contribution is 2.12. The molecule has 0 radical (unpaired) electrons. The Kier molecular flexibility index (Phi) is 3.31. The van der Waals surface area contributed by atoms with Crippen molar-refractivity contribution in [3.63, 3.8) is 0 Å². The standard InChI is InChI=1S/C9H16N2O2/c1-7(2)6-13-9-4-8(5-12)10-11(9)3/h4,7,12H,5-6H2,1-3H3. The zero-order valence-electron chi connectivity index (χ0n) is 8.32. The molecule has 1 aromatic rings. The summed E-state index contributed by atoms with van der Waals surface area (Å²) in [6, 6.07) is 1.75. The maximum absolute atomic E-state index is 8.82. The lowest BCUT2D eigenvalue weighted by atomic mass is 10.2. The van der Waals surface area contributed by atoms with E-state index in [0.717, 1.165) is 0 Å². The van der Waals surface area contributed by atoms with E-state index in [1.807, 2.05) is 0 Å². The minimum absolute atomic E-state index is 0.0428. The third kappa shape index (κ3) is 2.73. The lowest BCUT2D eigenvalue weighted by Crippen LogP contribution is -2.07. The van der Waals surface area contributed by atoms with Crippen LogP contribution in [0.5, 0.6) is 5.88 Å². The Hall–Kier alpha value is -1.03. The van der Waals surface area contributed by atoms with E-state index in [4.69, 9.17) is 9.84 Å². The second-order valence-corrected chi connectivity index (χ2v) is 3.46. The monoisotopic (exact) mass is 184 g/mol. The summed E-state index contributed by atoms with van der Waals surface area (Å²) in [7, 11) is 1.80. The number of hydrogen-bond acceptors (Lipinski definition) is 3. The summed E-state index contributed by atoms with van der Waals surface area (Å²) in [5.41, 5.74) is 0.640. The van der Waals surface area contributed by atoms with Crippen LogP contribution in [0.3, 0.4) is 0 Å². The van der Waals surface area contributed by atoms with Crippen LogP contribution in [0.4, 0.5) is 0 Å². The fourth-order valence-electron chi connectivity index (χ4n) is 0.971. The van der Waals surface area contributed by atoms with E-state index in [1.54, 1.807) is 17.8 Å². The van der Waals surface area contributed by atoms with E-state index in [9.17, 15) is 0 Å². The van der Waals surface area contributed by atoms with Gasteiger partial charge in [-0.05, 0) is 5.92 Å². The van der Waals surface area contributed by atoms with Gasteiger partial charge in [0.15, 0.2) is 0 Å². The number of aryl methyl sites for hydroxylation is 1. The van der Waals surface area contributed by atoms with Gasteiger partial charge < -0.3 is 9.84 Å². The Balaban J connectivity index is 2.60. The summed E-state index contributed by atoms with van der Waals surface area (Å²) < 4.78 is 7.10. The molecule has 0 atom stereocenters. The molecule has 13 heavy (non-hydrogen) atoms. The van der Waals surface area contributed by atoms with Crippen LogP contribution in [0.15, 0.2) is 6.07 Å². The Morgan fingerprint density at radius 3 is 2.77 bits per heavy atom. The predicted molar refractivity (Wildman–Crippen MR) is 49.5 cm³/mol. The predicted octanol–water partition coefficient (Wildman–Crippen LogP) is 0.947. The van der Waals surface area contributed by atoms with Gasteiger partial charge in [0.05, 0.1) is 18.9 Å². The quantitative estimate of drug-likeness (QED) is 0.757. The molecule has 0 saturated heterocycles. The average molecular weight is 184 g/mol. The lowest BCUT2D eigenvalue weighted by Gasteiger charge is -2.07. The first kappa shape index (κ1) is 10.1. The van der Waals surface area contributed by atoms with Gasteiger partial charge in [-0.25, -0.2) is 4.68 Å². The van der Waals surface area contributed by atoms with Crippen molar-refractivity contribution in [3.05, 3.63) is 11.8 Å². The third-order valence-electron chi connectivity index (χ3n) is 1.61. The Labute approximate surface area is 78.1 Å². The molecule has 1 N–H and O–H groups in total. The van der Waals surface area contributed by atoms with Gasteiger partial charge in [0.1, 0.15) is 0 Å². The molecule has 1 rings (SSSR count). The molecule has 0 spiro atoms. The smallest absolute Gasteiger partial charge is 0.211 e. The first-order chi connectivity index (χ1) is 6.13. The number of aliphatic hydroxyl groups is 1. The van der Waals surface area contributed by atoms with Crippen LogP contribution in [0.25, 0.3) is 0 Å². The van der Waals surface area contributed by atoms with Gasteiger partial charge in [-0.3, -0.25) is 0 Å². The molecule has 4 heteroatoms. The highest BCUT2D eigenvalue weighted by atomic mass is 16.5. The third-order valence-corrected chi connectivity index (χ3v) is 1.61. The van der Waals surface area contributed by atoms with Crippen molar-refractivity contribution in [2.24, 2.45) is 13.0 Å². The van der Waals surface area contributed by atoms with E-state index >= 15 is 0 Å². The molecule has 1 aromatic heterocycles. The van der Waals surface area contributed by atoms with Gasteiger partial charge in [0.2, 0.25) is 5.88 Å². The maximum atomic E-state index is 8.82. The van der Waals surface area contributed by atoms with Crippen molar-refractivity contribution >= 4 is 0 Å². The van der Waals surface area contributed by atoms with Crippen LogP contribution in [0.2, 0.25) is 0 Å². The average Bonchev–Trinajstić information content (AvgIpc) is 2.43. The number of rotatable bonds is 4. The molecule has 0 aliphatic heterocycles. The molecular weight excluding hydrogens is 168 g/mol. The number of hydrogen-bond donors (Lipinski definition) is 1. The Bertz CT molecular complexity index is 269. The van der Waals surface area contributed by atoms with Crippen LogP contribution < -0.4 is 4.74 Å². The van der Waals surface area contributed by atoms with Gasteiger partial charge in [0, 0.05) is 13.1 Å². The number of nitrogens with zero attached hydrogens (tertiary/aromatic N) is 2. The van der Waals surface area contributed by atoms with Crippen LogP contribution in [0, 0.1) is 5.92 Å². The number of aromatic nitrogens is 2. The molecule has 0 aliphatic carbocycles. The van der Waals surface area contributed by atoms with Crippen molar-refractivity contribution in [1.82, 2.24) is 9.78 Å². The van der Waals surface area contributed by atoms with Gasteiger partial charge in [0.25, 0.3) is 0 Å². The van der Waals surface area contributed by atoms with E-state index in [1.165, 1.54) is 0 Å². The Morgan fingerprint density at radius 1 is 1.62 bits per heavy atom. The summed E-state index contributed by atoms with van der Waals surface area (Å²) in [5.74, 6) is 1.20. The minimum Gasteiger partial charge on any atom is -0.478 e. The zero-order valence-corrected chi connectivity index (χ0v) is 8.32. The minimum atomic E-state index is -0.0428. The Morgan fingerprint density at radius 2 is 2.31 bits per heavy atom. The second kappa shape index (κ2) is 4.28. The second-order valence-electron chi connectivity index (χ2n) is 3.46. The molecule has 0 unspecified atom stereocenters. The summed E-state index contributed by atoms with van der Waals surface area (Å²) in [4.78, 5) is 0. The first-order valence-electron chi connectivity index (χ1n) is 4.40. The summed E-state index contributed by atoms with van der Waals surface area (Å²) in [6.07, 6.45) is 0. The fourth-order valence-corrected chi connectivity index (χ4v) is 0.971. The van der Waals surface area contributed by atoms with E-state index in [0.29, 0.717) is 24.1 Å². The topological polar surface area (TPSA) is 47.3 Å². The zero-order chi connectivity index (χ0) is 9.84. The van der Waals surface area contributed by atoms with Crippen molar-refractivity contribution in [2.45, 2.75) is 20.5 Å². The molecule has 1 heterocycles. The van der Waals surface area contributed by atoms with Crippen LogP contribution in [-0.4, -0.2) is 21.5 Å². The molecule has 4 nitrogen and oxygen atoms in total. The van der Waals surface area contributed by atoms with Crippen molar-refractivity contribution in [3.8, 4) is 5.88 Å². The highest BCUT2D eigenvalue weighted by molar-refractivity contribution is 5.15. The summed E-state index contributed by atoms with van der Waals surface area (Å²) >= 11 is 0. The molecule has 0 amide bonds. The number of ether oxygens (including phenoxy) is 1. The molecule has 0 aliphatic rings. The largest absolute Gasteiger partial charge is 0.478 e. The van der Waals surface area contributed by atoms with E-state index in [-0.39, 0.29) is 6.61 Å². The molecule has 0 fully saturated rings. The summed E-state index contributed by atoms with van der Waals surface area (Å²) in [6.45, 7) is 4.80. The van der Waals surface area contributed by atoms with Crippen LogP contribution in [0.1, 0.15) is 19.5 Å². The molecule has 0 aromatic carbocycles. The maximum Gasteiger partial charge on any atom is 0.211 e. The molecular formula is C9H16N2O2. The van der Waals surface area contributed by atoms with Crippen LogP contribution >= 0.6 is 0 Å². The first-order valence-corrected chi connectivity index (χ1v) is 4.40. The SMILES string of the molecule is CC(C)COc1cc(CO)nn1C. The van der Waals surface area contributed by atoms with Gasteiger partial charge in [-0.2, -0.15) is 5.10 Å². The van der Waals surface area contributed by atoms with Crippen molar-refractivity contribution in [2.75, 3.05) is 6.61 Å². The van der Waals surface area contributed by atoms with Crippen molar-refractivity contribution in [1.29, 1.82) is 0 Å². The van der Waals surface area contributed by atoms with E-state index < -0.39 is 0 Å². The van der Waals surface area contributed by atoms with Crippen molar-refractivity contribution < 1.29 is 9.84 Å². The normalized spacial score (nSPS) is 10.8. The molecule has 0 bridgehead atoms. The number of aliphatic hydroxyl groups excluding tert-OH is 1. The van der Waals surface area contributed by atoms with E-state index in [2.05, 4.69) is 18.9 Å². The molecule has 0 saturated carbocycles. The molecule has 74 valence electrons.